The number of carbonyl (C=O) groups excluding carboxylic acids is 3. The van der Waals surface area contributed by atoms with Crippen LogP contribution in [-0.2, 0) is 20.5 Å². The lowest BCUT2D eigenvalue weighted by Crippen LogP contribution is -2.62. The Labute approximate surface area is 224 Å². The predicted molar refractivity (Wildman–Crippen MR) is 143 cm³/mol. The zero-order valence-corrected chi connectivity index (χ0v) is 21.1. The SMILES string of the molecule is C=CCOc1ccccc1C(=O)[C@@H]1[C@@H]2CCCN2[C@]2(C(=O)Nc3ccc(F)cc32)[C@@]12C(=O)Nc1ccccc12. The van der Waals surface area contributed by atoms with E-state index in [4.69, 9.17) is 4.74 Å². The molecule has 4 heterocycles. The van der Waals surface area contributed by atoms with Gasteiger partial charge in [-0.1, -0.05) is 43.0 Å². The Morgan fingerprint density at radius 1 is 1.03 bits per heavy atom. The third-order valence-electron chi connectivity index (χ3n) is 8.85. The van der Waals surface area contributed by atoms with Crippen LogP contribution in [0.25, 0.3) is 0 Å². The Morgan fingerprint density at radius 3 is 2.62 bits per heavy atom. The molecule has 4 aliphatic rings. The van der Waals surface area contributed by atoms with Crippen LogP contribution in [0.4, 0.5) is 15.8 Å². The van der Waals surface area contributed by atoms with Crippen molar-refractivity contribution < 1.29 is 23.5 Å². The molecule has 0 radical (unpaired) electrons. The summed E-state index contributed by atoms with van der Waals surface area (Å²) in [6.45, 7) is 4.40. The lowest BCUT2D eigenvalue weighted by Gasteiger charge is -2.43. The number of amides is 2. The fourth-order valence-electron chi connectivity index (χ4n) is 7.66. The number of nitrogens with zero attached hydrogens (tertiary/aromatic N) is 1. The van der Waals surface area contributed by atoms with Gasteiger partial charge < -0.3 is 15.4 Å². The standard InChI is InChI=1S/C31H26FN3O4/c1-2-16-39-25-12-6-3-8-19(25)27(36)26-24-11-7-15-35(24)31(21-17-18(32)13-14-23(21)34-29(31)38)30(26)20-9-4-5-10-22(20)33-28(30)37/h2-6,8-10,12-14,17,24,26H,1,7,11,15-16H2,(H,33,37)(H,34,38)/t24-,26-,30+,31+/m0/s1. The molecule has 2 amide bonds. The van der Waals surface area contributed by atoms with E-state index in [1.807, 2.05) is 11.0 Å². The van der Waals surface area contributed by atoms with Crippen molar-refractivity contribution in [2.45, 2.75) is 29.8 Å². The Kier molecular flexibility index (Phi) is 5.09. The number of benzene rings is 3. The van der Waals surface area contributed by atoms with Gasteiger partial charge in [-0.2, -0.15) is 0 Å². The van der Waals surface area contributed by atoms with Crippen molar-refractivity contribution in [3.8, 4) is 5.75 Å². The topological polar surface area (TPSA) is 87.7 Å². The Bertz CT molecular complexity index is 1590. The van der Waals surface area contributed by atoms with Gasteiger partial charge in [-0.25, -0.2) is 4.39 Å². The number of carbonyl (C=O) groups is 3. The van der Waals surface area contributed by atoms with E-state index in [1.165, 1.54) is 18.2 Å². The van der Waals surface area contributed by atoms with Crippen LogP contribution in [0.2, 0.25) is 0 Å². The Morgan fingerprint density at radius 2 is 1.77 bits per heavy atom. The molecule has 0 aromatic heterocycles. The number of para-hydroxylation sites is 2. The van der Waals surface area contributed by atoms with Crippen molar-refractivity contribution in [2.75, 3.05) is 23.8 Å². The molecular weight excluding hydrogens is 497 g/mol. The summed E-state index contributed by atoms with van der Waals surface area (Å²) in [5, 5.41) is 5.92. The first-order valence-corrected chi connectivity index (χ1v) is 13.1. The third-order valence-corrected chi connectivity index (χ3v) is 8.85. The van der Waals surface area contributed by atoms with Crippen molar-refractivity contribution >= 4 is 29.0 Å². The van der Waals surface area contributed by atoms with Gasteiger partial charge in [-0.3, -0.25) is 19.3 Å². The van der Waals surface area contributed by atoms with Gasteiger partial charge >= 0.3 is 0 Å². The first-order valence-electron chi connectivity index (χ1n) is 13.1. The molecule has 3 aromatic rings. The number of ketones is 1. The molecule has 0 unspecified atom stereocenters. The maximum Gasteiger partial charge on any atom is 0.251 e. The maximum absolute atomic E-state index is 14.9. The van der Waals surface area contributed by atoms with Crippen LogP contribution < -0.4 is 15.4 Å². The Hall–Kier alpha value is -4.30. The third kappa shape index (κ3) is 2.81. The van der Waals surface area contributed by atoms with E-state index in [2.05, 4.69) is 17.2 Å². The van der Waals surface area contributed by atoms with Crippen molar-refractivity contribution in [3.63, 3.8) is 0 Å². The molecule has 196 valence electrons. The largest absolute Gasteiger partial charge is 0.489 e. The van der Waals surface area contributed by atoms with Crippen LogP contribution in [-0.4, -0.2) is 41.7 Å². The van der Waals surface area contributed by atoms with Gasteiger partial charge in [0.2, 0.25) is 5.91 Å². The number of hydrogen-bond donors (Lipinski definition) is 2. The number of hydrogen-bond acceptors (Lipinski definition) is 5. The molecule has 0 bridgehead atoms. The molecule has 0 saturated carbocycles. The monoisotopic (exact) mass is 523 g/mol. The van der Waals surface area contributed by atoms with Gasteiger partial charge in [-0.05, 0) is 61.3 Å². The maximum atomic E-state index is 14.9. The van der Waals surface area contributed by atoms with Gasteiger partial charge in [0.1, 0.15) is 29.1 Å². The van der Waals surface area contributed by atoms with E-state index in [0.29, 0.717) is 46.8 Å². The summed E-state index contributed by atoms with van der Waals surface area (Å²) in [5.74, 6) is -2.20. The van der Waals surface area contributed by atoms with Crippen molar-refractivity contribution in [1.82, 2.24) is 4.90 Å². The fraction of sp³-hybridized carbons (Fsp3) is 0.258. The van der Waals surface area contributed by atoms with E-state index in [1.54, 1.807) is 48.5 Å². The summed E-state index contributed by atoms with van der Waals surface area (Å²) in [4.78, 5) is 45.6. The van der Waals surface area contributed by atoms with Gasteiger partial charge in [0.05, 0.1) is 11.5 Å². The molecule has 2 spiro atoms. The molecule has 2 fully saturated rings. The molecule has 4 atom stereocenters. The van der Waals surface area contributed by atoms with Crippen molar-refractivity contribution in [1.29, 1.82) is 0 Å². The number of Topliss-reactive ketones (excluding diaryl/α,β-unsaturated/α-hetero) is 1. The normalized spacial score (nSPS) is 28.2. The number of ether oxygens (including phenoxy) is 1. The van der Waals surface area contributed by atoms with Gasteiger partial charge in [0.25, 0.3) is 5.91 Å². The molecule has 3 aromatic carbocycles. The van der Waals surface area contributed by atoms with Crippen LogP contribution in [0, 0.1) is 11.7 Å². The average Bonchev–Trinajstić information content (AvgIpc) is 3.66. The van der Waals surface area contributed by atoms with Crippen LogP contribution >= 0.6 is 0 Å². The van der Waals surface area contributed by atoms with Gasteiger partial charge in [0, 0.05) is 23.0 Å². The summed E-state index contributed by atoms with van der Waals surface area (Å²) in [7, 11) is 0. The molecule has 4 aliphatic heterocycles. The molecule has 7 nitrogen and oxygen atoms in total. The second-order valence-corrected chi connectivity index (χ2v) is 10.5. The first-order chi connectivity index (χ1) is 19.0. The molecule has 7 rings (SSSR count). The van der Waals surface area contributed by atoms with Crippen LogP contribution in [0.15, 0.2) is 79.4 Å². The lowest BCUT2D eigenvalue weighted by atomic mass is 9.57. The number of halogens is 1. The molecule has 2 saturated heterocycles. The summed E-state index contributed by atoms with van der Waals surface area (Å²) in [6, 6.07) is 17.9. The van der Waals surface area contributed by atoms with Crippen molar-refractivity contribution in [2.24, 2.45) is 5.92 Å². The number of fused-ring (bicyclic) bond motifs is 7. The van der Waals surface area contributed by atoms with Crippen molar-refractivity contribution in [3.05, 3.63) is 102 Å². The highest BCUT2D eigenvalue weighted by atomic mass is 19.1. The smallest absolute Gasteiger partial charge is 0.251 e. The summed E-state index contributed by atoms with van der Waals surface area (Å²) < 4.78 is 20.7. The van der Waals surface area contributed by atoms with Crippen LogP contribution in [0.1, 0.15) is 34.3 Å². The van der Waals surface area contributed by atoms with E-state index in [0.717, 1.165) is 6.42 Å². The fourth-order valence-corrected chi connectivity index (χ4v) is 7.66. The number of rotatable bonds is 5. The molecule has 8 heteroatoms. The summed E-state index contributed by atoms with van der Waals surface area (Å²) in [5.41, 5.74) is -0.957. The first kappa shape index (κ1) is 23.8. The second kappa shape index (κ2) is 8.35. The highest BCUT2D eigenvalue weighted by molar-refractivity contribution is 6.21. The predicted octanol–water partition coefficient (Wildman–Crippen LogP) is 4.41. The minimum Gasteiger partial charge on any atom is -0.489 e. The second-order valence-electron chi connectivity index (χ2n) is 10.5. The molecule has 2 N–H and O–H groups in total. The van der Waals surface area contributed by atoms with E-state index < -0.39 is 40.5 Å². The minimum atomic E-state index is -1.64. The van der Waals surface area contributed by atoms with E-state index >= 15 is 0 Å². The molecule has 39 heavy (non-hydrogen) atoms. The molecule has 0 aliphatic carbocycles. The van der Waals surface area contributed by atoms with Gasteiger partial charge in [0.15, 0.2) is 5.78 Å². The Balaban J connectivity index is 1.55. The number of nitrogens with one attached hydrogen (secondary N) is 2. The minimum absolute atomic E-state index is 0.206. The van der Waals surface area contributed by atoms with Gasteiger partial charge in [-0.15, -0.1) is 0 Å². The highest BCUT2D eigenvalue weighted by Crippen LogP contribution is 2.68. The van der Waals surface area contributed by atoms with E-state index in [-0.39, 0.29) is 12.4 Å². The van der Waals surface area contributed by atoms with E-state index in [9.17, 15) is 18.8 Å². The average molecular weight is 524 g/mol. The quantitative estimate of drug-likeness (QED) is 0.382. The summed E-state index contributed by atoms with van der Waals surface area (Å²) >= 11 is 0. The lowest BCUT2D eigenvalue weighted by molar-refractivity contribution is -0.137. The molecular formula is C31H26FN3O4. The van der Waals surface area contributed by atoms with Crippen LogP contribution in [0.5, 0.6) is 5.75 Å². The number of anilines is 2. The van der Waals surface area contributed by atoms with Crippen LogP contribution in [0.3, 0.4) is 0 Å². The zero-order valence-electron chi connectivity index (χ0n) is 21.1. The zero-order chi connectivity index (χ0) is 26.9. The summed E-state index contributed by atoms with van der Waals surface area (Å²) in [6.07, 6.45) is 2.95. The highest BCUT2D eigenvalue weighted by Gasteiger charge is 2.81.